The molecule has 1 aromatic rings. The average molecular weight is 237 g/mol. The molecule has 0 N–H and O–H groups in total. The van der Waals surface area contributed by atoms with Crippen molar-refractivity contribution in [3.63, 3.8) is 0 Å². The van der Waals surface area contributed by atoms with E-state index in [9.17, 15) is 9.59 Å². The van der Waals surface area contributed by atoms with Gasteiger partial charge in [-0.15, -0.1) is 0 Å². The minimum atomic E-state index is -0.643. The number of nitrogens with zero attached hydrogens (tertiary/aromatic N) is 1. The minimum absolute atomic E-state index is 0.0110. The van der Waals surface area contributed by atoms with Gasteiger partial charge in [0.25, 0.3) is 0 Å². The number of carbonyl (C=O) groups is 2. The maximum absolute atomic E-state index is 11.7. The fourth-order valence-corrected chi connectivity index (χ4v) is 1.33. The molecule has 17 heavy (non-hydrogen) atoms. The summed E-state index contributed by atoms with van der Waals surface area (Å²) in [5, 5.41) is 0. The highest BCUT2D eigenvalue weighted by atomic mass is 16.5. The maximum atomic E-state index is 11.7. The average Bonchev–Trinajstić information content (AvgIpc) is 2.37. The molecule has 0 aliphatic carbocycles. The first-order chi connectivity index (χ1) is 8.13. The summed E-state index contributed by atoms with van der Waals surface area (Å²) >= 11 is 0. The van der Waals surface area contributed by atoms with Gasteiger partial charge < -0.3 is 9.47 Å². The second-order valence-electron chi connectivity index (χ2n) is 3.31. The van der Waals surface area contributed by atoms with Crippen molar-refractivity contribution in [1.82, 2.24) is 4.98 Å². The molecule has 0 aliphatic heterocycles. The number of carbonyl (C=O) groups excluding carboxylic acids is 2. The molecule has 0 spiro atoms. The van der Waals surface area contributed by atoms with Gasteiger partial charge in [-0.05, 0) is 25.0 Å². The molecule has 1 aromatic heterocycles. The van der Waals surface area contributed by atoms with Gasteiger partial charge in [0, 0.05) is 6.20 Å². The standard InChI is InChI=1S/C12H15NO4/c1-4-8-6-9(11(14)17-5-2)10(13-7-8)12(15)16-3/h6-7H,4-5H2,1-3H3. The first-order valence-electron chi connectivity index (χ1n) is 5.38. The first-order valence-corrected chi connectivity index (χ1v) is 5.38. The van der Waals surface area contributed by atoms with E-state index in [2.05, 4.69) is 9.72 Å². The minimum Gasteiger partial charge on any atom is -0.464 e. The van der Waals surface area contributed by atoms with Gasteiger partial charge in [-0.25, -0.2) is 14.6 Å². The first kappa shape index (κ1) is 13.2. The van der Waals surface area contributed by atoms with Crippen molar-refractivity contribution in [3.05, 3.63) is 29.1 Å². The zero-order valence-electron chi connectivity index (χ0n) is 10.1. The highest BCUT2D eigenvalue weighted by molar-refractivity contribution is 6.01. The van der Waals surface area contributed by atoms with Crippen LogP contribution in [0, 0.1) is 0 Å². The Balaban J connectivity index is 3.20. The number of esters is 2. The van der Waals surface area contributed by atoms with E-state index in [-0.39, 0.29) is 17.9 Å². The molecular formula is C12H15NO4. The van der Waals surface area contributed by atoms with E-state index >= 15 is 0 Å². The van der Waals surface area contributed by atoms with Gasteiger partial charge in [-0.3, -0.25) is 0 Å². The highest BCUT2D eigenvalue weighted by Gasteiger charge is 2.20. The van der Waals surface area contributed by atoms with Gasteiger partial charge in [0.1, 0.15) is 0 Å². The SMILES string of the molecule is CCOC(=O)c1cc(CC)cnc1C(=O)OC. The molecule has 0 radical (unpaired) electrons. The molecule has 0 fully saturated rings. The molecule has 5 nitrogen and oxygen atoms in total. The predicted molar refractivity (Wildman–Crippen MR) is 60.9 cm³/mol. The number of aryl methyl sites for hydroxylation is 1. The van der Waals surface area contributed by atoms with Crippen molar-refractivity contribution in [3.8, 4) is 0 Å². The summed E-state index contributed by atoms with van der Waals surface area (Å²) < 4.78 is 9.45. The molecule has 0 unspecified atom stereocenters. The topological polar surface area (TPSA) is 65.5 Å². The largest absolute Gasteiger partial charge is 0.464 e. The smallest absolute Gasteiger partial charge is 0.357 e. The summed E-state index contributed by atoms with van der Waals surface area (Å²) in [6.45, 7) is 3.88. The lowest BCUT2D eigenvalue weighted by Gasteiger charge is -2.07. The van der Waals surface area contributed by atoms with Crippen LogP contribution in [-0.4, -0.2) is 30.6 Å². The lowest BCUT2D eigenvalue weighted by Crippen LogP contribution is -2.15. The van der Waals surface area contributed by atoms with Crippen molar-refractivity contribution >= 4 is 11.9 Å². The number of hydrogen-bond acceptors (Lipinski definition) is 5. The highest BCUT2D eigenvalue weighted by Crippen LogP contribution is 2.12. The summed E-state index contributed by atoms with van der Waals surface area (Å²) in [4.78, 5) is 27.1. The quantitative estimate of drug-likeness (QED) is 0.744. The fraction of sp³-hybridized carbons (Fsp3) is 0.417. The lowest BCUT2D eigenvalue weighted by atomic mass is 10.1. The molecule has 0 atom stereocenters. The summed E-state index contributed by atoms with van der Waals surface area (Å²) in [5.41, 5.74) is 1.00. The maximum Gasteiger partial charge on any atom is 0.357 e. The molecule has 1 heterocycles. The van der Waals surface area contributed by atoms with Gasteiger partial charge in [-0.1, -0.05) is 6.92 Å². The van der Waals surface area contributed by atoms with Gasteiger partial charge in [-0.2, -0.15) is 0 Å². The molecular weight excluding hydrogens is 222 g/mol. The Kier molecular flexibility index (Phi) is 4.63. The molecule has 0 bridgehead atoms. The van der Waals surface area contributed by atoms with Crippen molar-refractivity contribution in [2.75, 3.05) is 13.7 Å². The van der Waals surface area contributed by atoms with Gasteiger partial charge in [0.05, 0.1) is 19.3 Å². The Hall–Kier alpha value is -1.91. The van der Waals surface area contributed by atoms with Crippen molar-refractivity contribution in [2.45, 2.75) is 20.3 Å². The monoisotopic (exact) mass is 237 g/mol. The van der Waals surface area contributed by atoms with Crippen molar-refractivity contribution in [2.24, 2.45) is 0 Å². The normalized spacial score (nSPS) is 9.82. The van der Waals surface area contributed by atoms with Gasteiger partial charge in [0.15, 0.2) is 5.69 Å². The van der Waals surface area contributed by atoms with E-state index in [0.29, 0.717) is 0 Å². The van der Waals surface area contributed by atoms with Crippen LogP contribution in [0.2, 0.25) is 0 Å². The Morgan fingerprint density at radius 3 is 2.53 bits per heavy atom. The van der Waals surface area contributed by atoms with Crippen LogP contribution >= 0.6 is 0 Å². The van der Waals surface area contributed by atoms with E-state index < -0.39 is 11.9 Å². The van der Waals surface area contributed by atoms with E-state index in [4.69, 9.17) is 4.74 Å². The van der Waals surface area contributed by atoms with E-state index in [0.717, 1.165) is 12.0 Å². The van der Waals surface area contributed by atoms with Crippen LogP contribution in [0.3, 0.4) is 0 Å². The Morgan fingerprint density at radius 2 is 2.00 bits per heavy atom. The molecule has 92 valence electrons. The van der Waals surface area contributed by atoms with Crippen LogP contribution in [0.5, 0.6) is 0 Å². The van der Waals surface area contributed by atoms with Crippen LogP contribution in [0.4, 0.5) is 0 Å². The predicted octanol–water partition coefficient (Wildman–Crippen LogP) is 1.61. The van der Waals surface area contributed by atoms with Crippen LogP contribution in [-0.2, 0) is 15.9 Å². The molecule has 1 rings (SSSR count). The van der Waals surface area contributed by atoms with Crippen LogP contribution in [0.1, 0.15) is 40.3 Å². The molecule has 0 saturated heterocycles. The number of hydrogen-bond donors (Lipinski definition) is 0. The zero-order valence-corrected chi connectivity index (χ0v) is 10.1. The molecule has 0 aromatic carbocycles. The molecule has 0 aliphatic rings. The Morgan fingerprint density at radius 1 is 1.29 bits per heavy atom. The van der Waals surface area contributed by atoms with Gasteiger partial charge in [0.2, 0.25) is 0 Å². The third-order valence-corrected chi connectivity index (χ3v) is 2.23. The van der Waals surface area contributed by atoms with Crippen LogP contribution < -0.4 is 0 Å². The molecule has 5 heteroatoms. The second kappa shape index (κ2) is 5.98. The molecule has 0 amide bonds. The number of pyridine rings is 1. The van der Waals surface area contributed by atoms with Crippen LogP contribution in [0.25, 0.3) is 0 Å². The Labute approximate surface area is 99.8 Å². The van der Waals surface area contributed by atoms with Crippen molar-refractivity contribution < 1.29 is 19.1 Å². The van der Waals surface area contributed by atoms with E-state index in [1.165, 1.54) is 7.11 Å². The third-order valence-electron chi connectivity index (χ3n) is 2.23. The fourth-order valence-electron chi connectivity index (χ4n) is 1.33. The second-order valence-corrected chi connectivity index (χ2v) is 3.31. The lowest BCUT2D eigenvalue weighted by molar-refractivity contribution is 0.0500. The zero-order chi connectivity index (χ0) is 12.8. The third kappa shape index (κ3) is 3.03. The molecule has 0 saturated carbocycles. The summed E-state index contributed by atoms with van der Waals surface area (Å²) in [6, 6.07) is 1.61. The van der Waals surface area contributed by atoms with E-state index in [1.54, 1.807) is 19.2 Å². The number of methoxy groups -OCH3 is 1. The van der Waals surface area contributed by atoms with Gasteiger partial charge >= 0.3 is 11.9 Å². The van der Waals surface area contributed by atoms with Crippen LogP contribution in [0.15, 0.2) is 12.3 Å². The number of ether oxygens (including phenoxy) is 2. The van der Waals surface area contributed by atoms with E-state index in [1.807, 2.05) is 6.92 Å². The summed E-state index contributed by atoms with van der Waals surface area (Å²) in [7, 11) is 1.24. The Bertz CT molecular complexity index is 429. The van der Waals surface area contributed by atoms with Crippen molar-refractivity contribution in [1.29, 1.82) is 0 Å². The number of aromatic nitrogens is 1. The summed E-state index contributed by atoms with van der Waals surface area (Å²) in [5.74, 6) is -1.20. The summed E-state index contributed by atoms with van der Waals surface area (Å²) in [6.07, 6.45) is 2.27. The number of rotatable bonds is 4.